The van der Waals surface area contributed by atoms with Gasteiger partial charge in [-0.2, -0.15) is 13.2 Å². The largest absolute Gasteiger partial charge is 0.481 e. The van der Waals surface area contributed by atoms with Gasteiger partial charge in [0.2, 0.25) is 0 Å². The number of alkyl halides is 3. The van der Waals surface area contributed by atoms with Crippen molar-refractivity contribution in [1.29, 1.82) is 0 Å². The Bertz CT molecular complexity index is 1530. The molecule has 1 heterocycles. The van der Waals surface area contributed by atoms with Crippen LogP contribution in [0.1, 0.15) is 53.4 Å². The number of carboxylic acids is 1. The zero-order valence-corrected chi connectivity index (χ0v) is 23.8. The quantitative estimate of drug-likeness (QED) is 0.185. The van der Waals surface area contributed by atoms with Crippen LogP contribution in [0.25, 0.3) is 11.1 Å². The number of nitrogens with zero attached hydrogens (tertiary/aromatic N) is 2. The Morgan fingerprint density at radius 1 is 0.833 bits per heavy atom. The molecule has 0 saturated heterocycles. The lowest BCUT2D eigenvalue weighted by Crippen LogP contribution is -2.26. The molecule has 1 N–H and O–H groups in total. The number of hydrogen-bond acceptors (Lipinski definition) is 4. The van der Waals surface area contributed by atoms with E-state index < -0.39 is 23.1 Å². The third kappa shape index (κ3) is 7.84. The lowest BCUT2D eigenvalue weighted by molar-refractivity contribution is -0.146. The molecule has 8 heteroatoms. The van der Waals surface area contributed by atoms with Gasteiger partial charge in [-0.1, -0.05) is 54.6 Å². The number of carboxylic acid groups (broad SMARTS) is 1. The minimum absolute atomic E-state index is 0.0252. The average Bonchev–Trinajstić information content (AvgIpc) is 2.96. The van der Waals surface area contributed by atoms with Crippen molar-refractivity contribution < 1.29 is 27.9 Å². The van der Waals surface area contributed by atoms with Crippen LogP contribution in [0.2, 0.25) is 0 Å². The summed E-state index contributed by atoms with van der Waals surface area (Å²) in [6, 6.07) is 24.1. The molecular formula is C34H33F3N2O3. The van der Waals surface area contributed by atoms with E-state index in [-0.39, 0.29) is 5.78 Å². The average molecular weight is 575 g/mol. The van der Waals surface area contributed by atoms with E-state index in [1.807, 2.05) is 59.5 Å². The maximum atomic E-state index is 13.1. The predicted molar refractivity (Wildman–Crippen MR) is 157 cm³/mol. The molecule has 5 nitrogen and oxygen atoms in total. The second kappa shape index (κ2) is 12.6. The third-order valence-corrected chi connectivity index (χ3v) is 7.25. The molecule has 0 amide bonds. The fourth-order valence-electron chi connectivity index (χ4n) is 4.63. The second-order valence-corrected chi connectivity index (χ2v) is 11.1. The van der Waals surface area contributed by atoms with Gasteiger partial charge in [0.25, 0.3) is 0 Å². The van der Waals surface area contributed by atoms with Crippen LogP contribution in [0.4, 0.5) is 19.0 Å². The standard InChI is InChI=1S/C34H33F3N2O3/c1-23(40)27-5-4-6-28(19-27)29-13-16-31(38-21-29)39(22-26-11-14-30(15-12-26)34(35,36)37)18-17-24-7-9-25(10-8-24)20-33(2,3)32(41)42/h4-16,19,21H,17-18,20,22H2,1-3H3,(H,41,42). The van der Waals surface area contributed by atoms with Crippen LogP contribution >= 0.6 is 0 Å². The number of pyridine rings is 1. The predicted octanol–water partition coefficient (Wildman–Crippen LogP) is 7.87. The Morgan fingerprint density at radius 3 is 2.05 bits per heavy atom. The van der Waals surface area contributed by atoms with Gasteiger partial charge in [-0.25, -0.2) is 4.98 Å². The first kappa shape index (κ1) is 30.5. The van der Waals surface area contributed by atoms with Crippen molar-refractivity contribution in [3.05, 3.63) is 119 Å². The molecule has 0 fully saturated rings. The zero-order chi connectivity index (χ0) is 30.5. The fraction of sp³-hybridized carbons (Fsp3) is 0.265. The lowest BCUT2D eigenvalue weighted by Gasteiger charge is -2.25. The maximum absolute atomic E-state index is 13.1. The number of halogens is 3. The number of benzene rings is 3. The number of hydrogen-bond donors (Lipinski definition) is 1. The Balaban J connectivity index is 1.54. The number of Topliss-reactive ketones (excluding diaryl/α,β-unsaturated/α-hetero) is 1. The van der Waals surface area contributed by atoms with E-state index in [1.165, 1.54) is 19.1 Å². The minimum atomic E-state index is -4.40. The monoisotopic (exact) mass is 574 g/mol. The van der Waals surface area contributed by atoms with Crippen LogP contribution in [0.15, 0.2) is 91.1 Å². The highest BCUT2D eigenvalue weighted by Gasteiger charge is 2.30. The molecule has 0 saturated carbocycles. The first-order chi connectivity index (χ1) is 19.8. The minimum Gasteiger partial charge on any atom is -0.481 e. The van der Waals surface area contributed by atoms with E-state index in [1.54, 1.807) is 26.1 Å². The van der Waals surface area contributed by atoms with Crippen molar-refractivity contribution in [2.24, 2.45) is 5.41 Å². The molecule has 0 atom stereocenters. The molecule has 4 rings (SSSR count). The lowest BCUT2D eigenvalue weighted by atomic mass is 9.86. The molecule has 0 unspecified atom stereocenters. The van der Waals surface area contributed by atoms with Gasteiger partial charge in [0.05, 0.1) is 11.0 Å². The molecule has 42 heavy (non-hydrogen) atoms. The van der Waals surface area contributed by atoms with Crippen molar-refractivity contribution in [2.45, 2.75) is 46.3 Å². The summed E-state index contributed by atoms with van der Waals surface area (Å²) in [5, 5.41) is 9.42. The topological polar surface area (TPSA) is 70.5 Å². The summed E-state index contributed by atoms with van der Waals surface area (Å²) in [6.07, 6.45) is -1.62. The molecular weight excluding hydrogens is 541 g/mol. The number of aromatic nitrogens is 1. The van der Waals surface area contributed by atoms with Crippen molar-refractivity contribution in [3.8, 4) is 11.1 Å². The van der Waals surface area contributed by atoms with E-state index >= 15 is 0 Å². The van der Waals surface area contributed by atoms with Crippen molar-refractivity contribution in [2.75, 3.05) is 11.4 Å². The molecule has 0 aliphatic heterocycles. The summed E-state index contributed by atoms with van der Waals surface area (Å²) in [4.78, 5) is 30.0. The smallest absolute Gasteiger partial charge is 0.416 e. The highest BCUT2D eigenvalue weighted by atomic mass is 19.4. The van der Waals surface area contributed by atoms with Gasteiger partial charge in [-0.15, -0.1) is 0 Å². The van der Waals surface area contributed by atoms with Gasteiger partial charge in [-0.05, 0) is 86.2 Å². The number of aliphatic carboxylic acids is 1. The van der Waals surface area contributed by atoms with E-state index in [9.17, 15) is 27.9 Å². The third-order valence-electron chi connectivity index (χ3n) is 7.25. The van der Waals surface area contributed by atoms with Crippen LogP contribution in [-0.4, -0.2) is 28.4 Å². The highest BCUT2D eigenvalue weighted by molar-refractivity contribution is 5.95. The summed E-state index contributed by atoms with van der Waals surface area (Å²) >= 11 is 0. The van der Waals surface area contributed by atoms with Crippen LogP contribution < -0.4 is 4.90 Å². The molecule has 3 aromatic carbocycles. The van der Waals surface area contributed by atoms with Crippen LogP contribution in [-0.2, 0) is 30.4 Å². The number of rotatable bonds is 11. The molecule has 0 aliphatic rings. The Hall–Kier alpha value is -4.46. The summed E-state index contributed by atoms with van der Waals surface area (Å²) < 4.78 is 39.3. The first-order valence-electron chi connectivity index (χ1n) is 13.6. The van der Waals surface area contributed by atoms with Crippen LogP contribution in [0, 0.1) is 5.41 Å². The van der Waals surface area contributed by atoms with E-state index in [0.29, 0.717) is 42.9 Å². The van der Waals surface area contributed by atoms with Gasteiger partial charge in [-0.3, -0.25) is 9.59 Å². The van der Waals surface area contributed by atoms with E-state index in [0.717, 1.165) is 34.4 Å². The Morgan fingerprint density at radius 2 is 1.48 bits per heavy atom. The second-order valence-electron chi connectivity index (χ2n) is 11.1. The first-order valence-corrected chi connectivity index (χ1v) is 13.6. The molecule has 0 radical (unpaired) electrons. The zero-order valence-electron chi connectivity index (χ0n) is 23.8. The number of carbonyl (C=O) groups excluding carboxylic acids is 1. The molecule has 0 bridgehead atoms. The number of ketones is 1. The summed E-state index contributed by atoms with van der Waals surface area (Å²) in [5.41, 5.74) is 3.44. The van der Waals surface area contributed by atoms with E-state index in [4.69, 9.17) is 0 Å². The highest BCUT2D eigenvalue weighted by Crippen LogP contribution is 2.30. The number of anilines is 1. The van der Waals surface area contributed by atoms with Crippen LogP contribution in [0.3, 0.4) is 0 Å². The van der Waals surface area contributed by atoms with Gasteiger partial charge >= 0.3 is 12.1 Å². The van der Waals surface area contributed by atoms with E-state index in [2.05, 4.69) is 4.98 Å². The summed E-state index contributed by atoms with van der Waals surface area (Å²) in [7, 11) is 0. The van der Waals surface area contributed by atoms with Gasteiger partial charge < -0.3 is 10.0 Å². The fourth-order valence-corrected chi connectivity index (χ4v) is 4.63. The summed E-state index contributed by atoms with van der Waals surface area (Å²) in [6.45, 7) is 5.81. The van der Waals surface area contributed by atoms with Crippen LogP contribution in [0.5, 0.6) is 0 Å². The summed E-state index contributed by atoms with van der Waals surface area (Å²) in [5.74, 6) is -0.209. The molecule has 1 aromatic heterocycles. The molecule has 4 aromatic rings. The van der Waals surface area contributed by atoms with Gasteiger partial charge in [0.1, 0.15) is 5.82 Å². The molecule has 0 aliphatic carbocycles. The molecule has 0 spiro atoms. The van der Waals surface area contributed by atoms with Gasteiger partial charge in [0.15, 0.2) is 5.78 Å². The SMILES string of the molecule is CC(=O)c1cccc(-c2ccc(N(CCc3ccc(CC(C)(C)C(=O)O)cc3)Cc3ccc(C(F)(F)F)cc3)nc2)c1. The maximum Gasteiger partial charge on any atom is 0.416 e. The Kier molecular flexibility index (Phi) is 9.14. The van der Waals surface area contributed by atoms with Crippen molar-refractivity contribution in [3.63, 3.8) is 0 Å². The van der Waals surface area contributed by atoms with Crippen molar-refractivity contribution in [1.82, 2.24) is 4.98 Å². The van der Waals surface area contributed by atoms with Crippen molar-refractivity contribution >= 4 is 17.6 Å². The molecule has 218 valence electrons. The Labute approximate surface area is 243 Å². The normalized spacial score (nSPS) is 11.8. The number of carbonyl (C=O) groups is 2. The van der Waals surface area contributed by atoms with Gasteiger partial charge in [0, 0.05) is 30.4 Å².